The highest BCUT2D eigenvalue weighted by atomic mass is 31.0. The molecule has 0 N–H and O–H groups in total. The van der Waals surface area contributed by atoms with E-state index in [0.29, 0.717) is 6.42 Å². The van der Waals surface area contributed by atoms with E-state index in [1.807, 2.05) is 37.3 Å². The minimum atomic E-state index is 0.639. The van der Waals surface area contributed by atoms with Crippen LogP contribution in [0.2, 0.25) is 0 Å². The summed E-state index contributed by atoms with van der Waals surface area (Å²) in [6, 6.07) is 10.1. The molecule has 0 aliphatic carbocycles. The summed E-state index contributed by atoms with van der Waals surface area (Å²) < 4.78 is 0. The van der Waals surface area contributed by atoms with Crippen LogP contribution in [0.1, 0.15) is 13.3 Å². The molecule has 1 aromatic rings. The molecular weight excluding hydrogens is 155 g/mol. The van der Waals surface area contributed by atoms with Crippen molar-refractivity contribution in [3.8, 4) is 0 Å². The van der Waals surface area contributed by atoms with Gasteiger partial charge in [-0.3, -0.25) is 0 Å². The van der Waals surface area contributed by atoms with Gasteiger partial charge in [0.2, 0.25) is 0 Å². The van der Waals surface area contributed by atoms with E-state index >= 15 is 0 Å². The lowest BCUT2D eigenvalue weighted by atomic mass is 10.4. The molecular formula is C9H13OP. The Balaban J connectivity index is 0.000000218. The molecule has 2 heteroatoms. The zero-order chi connectivity index (χ0) is 8.53. The summed E-state index contributed by atoms with van der Waals surface area (Å²) in [6.45, 7) is 1.81. The predicted octanol–water partition coefficient (Wildman–Crippen LogP) is 1.78. The van der Waals surface area contributed by atoms with E-state index in [1.165, 1.54) is 5.30 Å². The molecule has 1 aromatic carbocycles. The summed E-state index contributed by atoms with van der Waals surface area (Å²) in [5, 5.41) is 1.24. The molecule has 0 radical (unpaired) electrons. The van der Waals surface area contributed by atoms with Crippen molar-refractivity contribution in [2.24, 2.45) is 0 Å². The Morgan fingerprint density at radius 2 is 1.82 bits per heavy atom. The third kappa shape index (κ3) is 7.21. The first-order valence-electron chi connectivity index (χ1n) is 3.55. The van der Waals surface area contributed by atoms with Gasteiger partial charge < -0.3 is 4.79 Å². The van der Waals surface area contributed by atoms with Crippen molar-refractivity contribution >= 4 is 20.8 Å². The Morgan fingerprint density at radius 1 is 1.36 bits per heavy atom. The van der Waals surface area contributed by atoms with Crippen molar-refractivity contribution in [3.05, 3.63) is 30.3 Å². The van der Waals surface area contributed by atoms with E-state index in [2.05, 4.69) is 9.24 Å². The summed E-state index contributed by atoms with van der Waals surface area (Å²) in [4.78, 5) is 9.17. The van der Waals surface area contributed by atoms with Crippen LogP contribution in [0.4, 0.5) is 0 Å². The summed E-state index contributed by atoms with van der Waals surface area (Å²) in [5.41, 5.74) is 0. The first-order valence-corrected chi connectivity index (χ1v) is 4.13. The summed E-state index contributed by atoms with van der Waals surface area (Å²) >= 11 is 0. The van der Waals surface area contributed by atoms with Gasteiger partial charge in [-0.2, -0.15) is 0 Å². The molecule has 1 nitrogen and oxygen atoms in total. The van der Waals surface area contributed by atoms with Crippen LogP contribution in [0, 0.1) is 0 Å². The summed E-state index contributed by atoms with van der Waals surface area (Å²) in [5.74, 6) is 0. The highest BCUT2D eigenvalue weighted by Crippen LogP contribution is 1.86. The second kappa shape index (κ2) is 7.43. The molecule has 0 saturated carbocycles. The molecule has 0 fully saturated rings. The average molecular weight is 168 g/mol. The van der Waals surface area contributed by atoms with Gasteiger partial charge in [-0.25, -0.2) is 0 Å². The Hall–Kier alpha value is -0.680. The maximum Gasteiger partial charge on any atom is 0.119 e. The van der Waals surface area contributed by atoms with E-state index in [1.54, 1.807) is 0 Å². The molecule has 0 saturated heterocycles. The van der Waals surface area contributed by atoms with Crippen molar-refractivity contribution in [1.82, 2.24) is 0 Å². The zero-order valence-electron chi connectivity index (χ0n) is 6.66. The van der Waals surface area contributed by atoms with Crippen LogP contribution < -0.4 is 5.30 Å². The molecule has 0 amide bonds. The predicted molar refractivity (Wildman–Crippen MR) is 52.1 cm³/mol. The number of carbonyl (C=O) groups excluding carboxylic acids is 1. The summed E-state index contributed by atoms with van der Waals surface area (Å²) in [6.07, 6.45) is 1.51. The van der Waals surface area contributed by atoms with Gasteiger partial charge in [0.25, 0.3) is 0 Å². The van der Waals surface area contributed by atoms with Gasteiger partial charge in [0, 0.05) is 6.42 Å². The first-order chi connectivity index (χ1) is 5.31. The number of aldehydes is 1. The molecule has 0 aromatic heterocycles. The highest BCUT2D eigenvalue weighted by Gasteiger charge is 1.72. The van der Waals surface area contributed by atoms with Crippen molar-refractivity contribution in [1.29, 1.82) is 0 Å². The van der Waals surface area contributed by atoms with E-state index < -0.39 is 0 Å². The van der Waals surface area contributed by atoms with Gasteiger partial charge in [-0.15, -0.1) is 9.24 Å². The number of hydrogen-bond donors (Lipinski definition) is 0. The fraction of sp³-hybridized carbons (Fsp3) is 0.222. The molecule has 60 valence electrons. The summed E-state index contributed by atoms with van der Waals surface area (Å²) in [7, 11) is 2.63. The van der Waals surface area contributed by atoms with Gasteiger partial charge in [0.05, 0.1) is 0 Å². The molecule has 1 unspecified atom stereocenters. The number of benzene rings is 1. The van der Waals surface area contributed by atoms with Gasteiger partial charge in [0.1, 0.15) is 6.29 Å². The largest absolute Gasteiger partial charge is 0.303 e. The van der Waals surface area contributed by atoms with E-state index in [-0.39, 0.29) is 0 Å². The van der Waals surface area contributed by atoms with Crippen molar-refractivity contribution < 1.29 is 4.79 Å². The number of carbonyl (C=O) groups is 1. The lowest BCUT2D eigenvalue weighted by molar-refractivity contribution is -0.107. The van der Waals surface area contributed by atoms with Crippen LogP contribution in [-0.4, -0.2) is 6.29 Å². The quantitative estimate of drug-likeness (QED) is 0.461. The molecule has 1 atom stereocenters. The Labute approximate surface area is 70.0 Å². The second-order valence-electron chi connectivity index (χ2n) is 1.99. The minimum absolute atomic E-state index is 0.639. The van der Waals surface area contributed by atoms with Crippen LogP contribution >= 0.6 is 9.24 Å². The number of rotatable bonds is 1. The zero-order valence-corrected chi connectivity index (χ0v) is 7.81. The van der Waals surface area contributed by atoms with Gasteiger partial charge >= 0.3 is 0 Å². The van der Waals surface area contributed by atoms with E-state index in [4.69, 9.17) is 0 Å². The Morgan fingerprint density at radius 3 is 2.00 bits per heavy atom. The molecule has 0 bridgehead atoms. The second-order valence-corrected chi connectivity index (χ2v) is 2.65. The lowest BCUT2D eigenvalue weighted by Gasteiger charge is -1.82. The SMILES string of the molecule is CCC=O.Pc1ccccc1. The van der Waals surface area contributed by atoms with Crippen LogP contribution in [0.3, 0.4) is 0 Å². The monoisotopic (exact) mass is 168 g/mol. The molecule has 0 aliphatic heterocycles. The Kier molecular flexibility index (Phi) is 6.97. The van der Waals surface area contributed by atoms with Crippen molar-refractivity contribution in [2.45, 2.75) is 13.3 Å². The maximum absolute atomic E-state index is 9.17. The molecule has 11 heavy (non-hydrogen) atoms. The van der Waals surface area contributed by atoms with Crippen LogP contribution in [-0.2, 0) is 4.79 Å². The maximum atomic E-state index is 9.17. The van der Waals surface area contributed by atoms with Gasteiger partial charge in [0.15, 0.2) is 0 Å². The van der Waals surface area contributed by atoms with Crippen LogP contribution in [0.25, 0.3) is 0 Å². The first kappa shape index (κ1) is 10.3. The molecule has 0 heterocycles. The third-order valence-corrected chi connectivity index (χ3v) is 1.35. The molecule has 0 spiro atoms. The smallest absolute Gasteiger partial charge is 0.119 e. The highest BCUT2D eigenvalue weighted by molar-refractivity contribution is 7.27. The topological polar surface area (TPSA) is 17.1 Å². The van der Waals surface area contributed by atoms with Crippen LogP contribution in [0.5, 0.6) is 0 Å². The van der Waals surface area contributed by atoms with Gasteiger partial charge in [-0.05, 0) is 5.30 Å². The third-order valence-electron chi connectivity index (χ3n) is 0.966. The average Bonchev–Trinajstić information content (AvgIpc) is 2.07. The minimum Gasteiger partial charge on any atom is -0.303 e. The fourth-order valence-corrected chi connectivity index (χ4v) is 0.675. The standard InChI is InChI=1S/C6H7P.C3H6O/c7-6-4-2-1-3-5-6;1-2-3-4/h1-5H,7H2;3H,2H2,1H3. The van der Waals surface area contributed by atoms with Crippen LogP contribution in [0.15, 0.2) is 30.3 Å². The van der Waals surface area contributed by atoms with E-state index in [9.17, 15) is 4.79 Å². The number of hydrogen-bond acceptors (Lipinski definition) is 1. The Bertz CT molecular complexity index is 184. The normalized spacial score (nSPS) is 7.82. The molecule has 0 aliphatic rings. The molecule has 1 rings (SSSR count). The van der Waals surface area contributed by atoms with Crippen molar-refractivity contribution in [2.75, 3.05) is 0 Å². The van der Waals surface area contributed by atoms with E-state index in [0.717, 1.165) is 6.29 Å². The fourth-order valence-electron chi connectivity index (χ4n) is 0.453. The lowest BCUT2D eigenvalue weighted by Crippen LogP contribution is -1.82. The van der Waals surface area contributed by atoms with Crippen molar-refractivity contribution in [3.63, 3.8) is 0 Å². The van der Waals surface area contributed by atoms with Gasteiger partial charge in [-0.1, -0.05) is 37.3 Å².